The van der Waals surface area contributed by atoms with E-state index in [-0.39, 0.29) is 11.5 Å². The quantitative estimate of drug-likeness (QED) is 0.839. The zero-order chi connectivity index (χ0) is 14.5. The highest BCUT2D eigenvalue weighted by Crippen LogP contribution is 2.23. The lowest BCUT2D eigenvalue weighted by molar-refractivity contribution is 0.0593. The third-order valence-corrected chi connectivity index (χ3v) is 2.50. The van der Waals surface area contributed by atoms with Gasteiger partial charge in [-0.25, -0.2) is 19.7 Å². The van der Waals surface area contributed by atoms with Gasteiger partial charge in [-0.2, -0.15) is 0 Å². The van der Waals surface area contributed by atoms with Crippen LogP contribution in [0.2, 0.25) is 0 Å². The molecule has 2 aromatic rings. The van der Waals surface area contributed by atoms with Crippen LogP contribution in [0.25, 0.3) is 11.3 Å². The SMILES string of the molecule is CCOc1ccc(-c2nc(C(=O)OC)cnc2N)cn1. The Kier molecular flexibility index (Phi) is 4.09. The van der Waals surface area contributed by atoms with Gasteiger partial charge in [0.05, 0.1) is 19.9 Å². The molecule has 2 N–H and O–H groups in total. The second-order valence-electron chi connectivity index (χ2n) is 3.80. The fraction of sp³-hybridized carbons (Fsp3) is 0.231. The number of methoxy groups -OCH3 is 1. The average Bonchev–Trinajstić information content (AvgIpc) is 2.48. The normalized spacial score (nSPS) is 10.1. The molecule has 0 radical (unpaired) electrons. The van der Waals surface area contributed by atoms with E-state index >= 15 is 0 Å². The van der Waals surface area contributed by atoms with Crippen LogP contribution >= 0.6 is 0 Å². The summed E-state index contributed by atoms with van der Waals surface area (Å²) in [6, 6.07) is 3.45. The van der Waals surface area contributed by atoms with Crippen molar-refractivity contribution in [1.29, 1.82) is 0 Å². The van der Waals surface area contributed by atoms with E-state index in [4.69, 9.17) is 10.5 Å². The predicted molar refractivity (Wildman–Crippen MR) is 72.2 cm³/mol. The molecule has 0 aliphatic rings. The maximum atomic E-state index is 11.4. The van der Waals surface area contributed by atoms with Crippen LogP contribution < -0.4 is 10.5 Å². The fourth-order valence-corrected chi connectivity index (χ4v) is 1.57. The summed E-state index contributed by atoms with van der Waals surface area (Å²) in [5, 5.41) is 0. The van der Waals surface area contributed by atoms with E-state index in [1.807, 2.05) is 6.92 Å². The van der Waals surface area contributed by atoms with E-state index < -0.39 is 5.97 Å². The van der Waals surface area contributed by atoms with E-state index in [0.717, 1.165) is 0 Å². The van der Waals surface area contributed by atoms with Crippen molar-refractivity contribution < 1.29 is 14.3 Å². The number of hydrogen-bond acceptors (Lipinski definition) is 7. The Morgan fingerprint density at radius 3 is 2.70 bits per heavy atom. The Balaban J connectivity index is 2.38. The minimum Gasteiger partial charge on any atom is -0.478 e. The van der Waals surface area contributed by atoms with E-state index in [0.29, 0.717) is 23.7 Å². The number of ether oxygens (including phenoxy) is 2. The Morgan fingerprint density at radius 1 is 1.30 bits per heavy atom. The molecule has 2 heterocycles. The molecule has 7 nitrogen and oxygen atoms in total. The lowest BCUT2D eigenvalue weighted by Crippen LogP contribution is -2.08. The van der Waals surface area contributed by atoms with Crippen molar-refractivity contribution in [2.45, 2.75) is 6.92 Å². The highest BCUT2D eigenvalue weighted by Gasteiger charge is 2.13. The van der Waals surface area contributed by atoms with Gasteiger partial charge in [-0.1, -0.05) is 0 Å². The van der Waals surface area contributed by atoms with Gasteiger partial charge in [0.1, 0.15) is 11.5 Å². The maximum Gasteiger partial charge on any atom is 0.358 e. The summed E-state index contributed by atoms with van der Waals surface area (Å²) in [5.74, 6) is 0.146. The summed E-state index contributed by atoms with van der Waals surface area (Å²) in [7, 11) is 1.28. The van der Waals surface area contributed by atoms with E-state index in [2.05, 4.69) is 19.7 Å². The zero-order valence-corrected chi connectivity index (χ0v) is 11.2. The molecule has 0 saturated carbocycles. The molecule has 0 fully saturated rings. The smallest absolute Gasteiger partial charge is 0.358 e. The van der Waals surface area contributed by atoms with Crippen LogP contribution in [0.1, 0.15) is 17.4 Å². The number of pyridine rings is 1. The molecular weight excluding hydrogens is 260 g/mol. The summed E-state index contributed by atoms with van der Waals surface area (Å²) < 4.78 is 9.85. The molecule has 0 aliphatic carbocycles. The van der Waals surface area contributed by atoms with Crippen LogP contribution in [0.15, 0.2) is 24.5 Å². The second kappa shape index (κ2) is 5.96. The third kappa shape index (κ3) is 2.82. The van der Waals surface area contributed by atoms with Crippen molar-refractivity contribution in [3.8, 4) is 17.1 Å². The molecule has 0 spiro atoms. The first-order valence-electron chi connectivity index (χ1n) is 5.95. The lowest BCUT2D eigenvalue weighted by Gasteiger charge is -2.07. The number of carbonyl (C=O) groups is 1. The van der Waals surface area contributed by atoms with Crippen molar-refractivity contribution in [2.75, 3.05) is 19.5 Å². The molecule has 0 saturated heterocycles. The van der Waals surface area contributed by atoms with Crippen LogP contribution in [0.5, 0.6) is 5.88 Å². The lowest BCUT2D eigenvalue weighted by atomic mass is 10.2. The number of anilines is 1. The van der Waals surface area contributed by atoms with E-state index in [1.54, 1.807) is 18.3 Å². The average molecular weight is 274 g/mol. The van der Waals surface area contributed by atoms with E-state index in [9.17, 15) is 4.79 Å². The van der Waals surface area contributed by atoms with Gasteiger partial charge in [-0.05, 0) is 13.0 Å². The Labute approximate surface area is 115 Å². The Morgan fingerprint density at radius 2 is 2.10 bits per heavy atom. The van der Waals surface area contributed by atoms with Crippen molar-refractivity contribution in [3.05, 3.63) is 30.2 Å². The molecule has 104 valence electrons. The van der Waals surface area contributed by atoms with Gasteiger partial charge in [0.2, 0.25) is 5.88 Å². The maximum absolute atomic E-state index is 11.4. The van der Waals surface area contributed by atoms with Gasteiger partial charge < -0.3 is 15.2 Å². The number of aromatic nitrogens is 3. The number of nitrogens with zero attached hydrogens (tertiary/aromatic N) is 3. The molecule has 20 heavy (non-hydrogen) atoms. The number of nitrogens with two attached hydrogens (primary N) is 1. The van der Waals surface area contributed by atoms with Gasteiger partial charge in [0.15, 0.2) is 5.69 Å². The van der Waals surface area contributed by atoms with Crippen molar-refractivity contribution in [3.63, 3.8) is 0 Å². The molecular formula is C13H14N4O3. The molecule has 7 heteroatoms. The van der Waals surface area contributed by atoms with E-state index in [1.165, 1.54) is 13.3 Å². The first kappa shape index (κ1) is 13.7. The summed E-state index contributed by atoms with van der Waals surface area (Å²) in [6.07, 6.45) is 2.83. The topological polar surface area (TPSA) is 100 Å². The van der Waals surface area contributed by atoms with Gasteiger partial charge in [0.25, 0.3) is 0 Å². The van der Waals surface area contributed by atoms with Crippen molar-refractivity contribution >= 4 is 11.8 Å². The minimum atomic E-state index is -0.572. The predicted octanol–water partition coefficient (Wildman–Crippen LogP) is 1.31. The van der Waals surface area contributed by atoms with Crippen LogP contribution in [0.3, 0.4) is 0 Å². The molecule has 0 bridgehead atoms. The van der Waals surface area contributed by atoms with Gasteiger partial charge in [-0.3, -0.25) is 0 Å². The van der Waals surface area contributed by atoms with Crippen molar-refractivity contribution in [1.82, 2.24) is 15.0 Å². The van der Waals surface area contributed by atoms with Crippen LogP contribution in [-0.4, -0.2) is 34.6 Å². The van der Waals surface area contributed by atoms with Gasteiger partial charge in [0, 0.05) is 17.8 Å². The third-order valence-electron chi connectivity index (χ3n) is 2.50. The van der Waals surface area contributed by atoms with Crippen LogP contribution in [-0.2, 0) is 4.74 Å². The van der Waals surface area contributed by atoms with Crippen LogP contribution in [0.4, 0.5) is 5.82 Å². The standard InChI is InChI=1S/C13H14N4O3/c1-3-20-10-5-4-8(6-15-10)11-12(14)16-7-9(17-11)13(18)19-2/h4-7H,3H2,1-2H3,(H2,14,16). The summed E-state index contributed by atoms with van der Waals surface area (Å²) in [4.78, 5) is 23.7. The number of nitrogen functional groups attached to an aromatic ring is 1. The first-order chi connectivity index (χ1) is 9.65. The molecule has 0 amide bonds. The van der Waals surface area contributed by atoms with Crippen molar-refractivity contribution in [2.24, 2.45) is 0 Å². The summed E-state index contributed by atoms with van der Waals surface area (Å²) in [6.45, 7) is 2.41. The monoisotopic (exact) mass is 274 g/mol. The summed E-state index contributed by atoms with van der Waals surface area (Å²) in [5.41, 5.74) is 6.88. The molecule has 0 aromatic carbocycles. The number of rotatable bonds is 4. The van der Waals surface area contributed by atoms with Gasteiger partial charge in [-0.15, -0.1) is 0 Å². The first-order valence-corrected chi connectivity index (χ1v) is 5.95. The zero-order valence-electron chi connectivity index (χ0n) is 11.2. The molecule has 0 unspecified atom stereocenters. The number of carbonyl (C=O) groups excluding carboxylic acids is 1. The molecule has 0 atom stereocenters. The number of esters is 1. The Bertz CT molecular complexity index is 614. The Hall–Kier alpha value is -2.70. The highest BCUT2D eigenvalue weighted by molar-refractivity contribution is 5.88. The van der Waals surface area contributed by atoms with Gasteiger partial charge >= 0.3 is 5.97 Å². The van der Waals surface area contributed by atoms with Crippen LogP contribution in [0, 0.1) is 0 Å². The molecule has 0 aliphatic heterocycles. The number of hydrogen-bond donors (Lipinski definition) is 1. The second-order valence-corrected chi connectivity index (χ2v) is 3.80. The largest absolute Gasteiger partial charge is 0.478 e. The molecule has 2 rings (SSSR count). The molecule has 2 aromatic heterocycles. The summed E-state index contributed by atoms with van der Waals surface area (Å²) >= 11 is 0. The minimum absolute atomic E-state index is 0.0885. The highest BCUT2D eigenvalue weighted by atomic mass is 16.5. The fourth-order valence-electron chi connectivity index (χ4n) is 1.57.